The number of anilines is 3. The summed E-state index contributed by atoms with van der Waals surface area (Å²) in [6.45, 7) is 0. The zero-order valence-corrected chi connectivity index (χ0v) is 21.6. The van der Waals surface area contributed by atoms with Crippen molar-refractivity contribution in [3.63, 3.8) is 0 Å². The molecule has 0 unspecified atom stereocenters. The topological polar surface area (TPSA) is 50.3 Å². The standard InChI is InChI=1S/C29H16N2O2Se2/c32-27-20-14-17-6-1-2-7-18(17)15-21(20)28(33)22(27)16-19-11-12-26(34-19)31-23-8-3-4-9-24(23)35-25-10-5-13-30-29(25)31/h1-16H/i16D. The molecule has 1 aliphatic heterocycles. The van der Waals surface area contributed by atoms with Crippen LogP contribution in [0.1, 0.15) is 26.5 Å². The van der Waals surface area contributed by atoms with Crippen LogP contribution in [-0.4, -0.2) is 46.0 Å². The van der Waals surface area contributed by atoms with Crippen LogP contribution < -0.4 is 13.8 Å². The van der Waals surface area contributed by atoms with Gasteiger partial charge in [0.15, 0.2) is 0 Å². The molecule has 35 heavy (non-hydrogen) atoms. The quantitative estimate of drug-likeness (QED) is 0.174. The van der Waals surface area contributed by atoms with Gasteiger partial charge in [0.2, 0.25) is 0 Å². The van der Waals surface area contributed by atoms with E-state index in [2.05, 4.69) is 34.1 Å². The molecule has 0 fully saturated rings. The fourth-order valence-electron chi connectivity index (χ4n) is 4.55. The Hall–Kier alpha value is -3.53. The first-order chi connectivity index (χ1) is 17.6. The molecule has 1 aliphatic carbocycles. The Kier molecular flexibility index (Phi) is 4.52. The molecule has 0 saturated carbocycles. The normalized spacial score (nSPS) is 14.6. The molecule has 5 aromatic rings. The number of hydrogen-bond donors (Lipinski definition) is 0. The van der Waals surface area contributed by atoms with E-state index in [1.165, 1.54) is 8.92 Å². The molecule has 0 N–H and O–H groups in total. The third-order valence-corrected chi connectivity index (χ3v) is 10.6. The number of nitrogens with zero attached hydrogens (tertiary/aromatic N) is 2. The number of ketones is 2. The van der Waals surface area contributed by atoms with Crippen molar-refractivity contribution in [1.82, 2.24) is 4.98 Å². The van der Waals surface area contributed by atoms with Crippen molar-refractivity contribution in [1.29, 1.82) is 0 Å². The molecule has 3 heterocycles. The number of pyridine rings is 1. The third kappa shape index (κ3) is 3.30. The maximum absolute atomic E-state index is 13.3. The summed E-state index contributed by atoms with van der Waals surface area (Å²) in [4.78, 5) is 33.5. The monoisotopic (exact) mass is 585 g/mol. The minimum absolute atomic E-state index is 0.0241. The van der Waals surface area contributed by atoms with E-state index in [0.717, 1.165) is 31.3 Å². The Labute approximate surface area is 215 Å². The first-order valence-electron chi connectivity index (χ1n) is 11.6. The second-order valence-electron chi connectivity index (χ2n) is 8.27. The number of aromatic nitrogens is 1. The van der Waals surface area contributed by atoms with Gasteiger partial charge in [-0.1, -0.05) is 0 Å². The van der Waals surface area contributed by atoms with Gasteiger partial charge < -0.3 is 0 Å². The number of Topliss-reactive ketones (excluding diaryl/α,β-unsaturated/α-hetero) is 2. The Morgan fingerprint density at radius 3 is 2.26 bits per heavy atom. The van der Waals surface area contributed by atoms with Gasteiger partial charge in [-0.25, -0.2) is 0 Å². The Morgan fingerprint density at radius 2 is 1.49 bits per heavy atom. The molecule has 0 spiro atoms. The fraction of sp³-hybridized carbons (Fsp3) is 0. The second kappa shape index (κ2) is 8.01. The number of rotatable bonds is 2. The zero-order chi connectivity index (χ0) is 24.4. The molecule has 0 bridgehead atoms. The van der Waals surface area contributed by atoms with Crippen molar-refractivity contribution in [2.45, 2.75) is 0 Å². The summed E-state index contributed by atoms with van der Waals surface area (Å²) in [7, 11) is 0. The van der Waals surface area contributed by atoms with Gasteiger partial charge in [0, 0.05) is 0 Å². The van der Waals surface area contributed by atoms with Gasteiger partial charge in [0.1, 0.15) is 0 Å². The van der Waals surface area contributed by atoms with Crippen LogP contribution in [0.2, 0.25) is 0 Å². The number of fused-ring (bicyclic) bond motifs is 4. The average Bonchev–Trinajstić information content (AvgIpc) is 3.49. The van der Waals surface area contributed by atoms with E-state index in [4.69, 9.17) is 1.37 Å². The number of benzene rings is 3. The Balaban J connectivity index is 1.33. The first-order valence-corrected chi connectivity index (χ1v) is 14.5. The third-order valence-electron chi connectivity index (χ3n) is 6.18. The summed E-state index contributed by atoms with van der Waals surface area (Å²) >= 11 is -0.101. The van der Waals surface area contributed by atoms with Crippen LogP contribution in [0.3, 0.4) is 0 Å². The van der Waals surface area contributed by atoms with Gasteiger partial charge in [-0.3, -0.25) is 0 Å². The molecule has 0 amide bonds. The summed E-state index contributed by atoms with van der Waals surface area (Å²) in [5, 5.41) is 1.82. The van der Waals surface area contributed by atoms with Crippen molar-refractivity contribution >= 4 is 82.8 Å². The van der Waals surface area contributed by atoms with Crippen LogP contribution in [0.4, 0.5) is 16.1 Å². The Morgan fingerprint density at radius 1 is 0.800 bits per heavy atom. The first kappa shape index (κ1) is 19.7. The predicted molar refractivity (Wildman–Crippen MR) is 141 cm³/mol. The van der Waals surface area contributed by atoms with E-state index in [9.17, 15) is 9.59 Å². The maximum atomic E-state index is 13.3. The predicted octanol–water partition coefficient (Wildman–Crippen LogP) is 4.19. The van der Waals surface area contributed by atoms with Crippen LogP contribution in [0, 0.1) is 0 Å². The van der Waals surface area contributed by atoms with Crippen LogP contribution in [0.25, 0.3) is 16.8 Å². The second-order valence-corrected chi connectivity index (χ2v) is 12.8. The van der Waals surface area contributed by atoms with Gasteiger partial charge in [-0.2, -0.15) is 0 Å². The van der Waals surface area contributed by atoms with Crippen LogP contribution in [0.15, 0.2) is 96.7 Å². The summed E-state index contributed by atoms with van der Waals surface area (Å²) in [6, 6.07) is 27.6. The van der Waals surface area contributed by atoms with E-state index in [0.29, 0.717) is 11.1 Å². The number of allylic oxidation sites excluding steroid dienone is 1. The van der Waals surface area contributed by atoms with Gasteiger partial charge >= 0.3 is 216 Å². The molecule has 0 radical (unpaired) electrons. The summed E-state index contributed by atoms with van der Waals surface area (Å²) < 4.78 is 13.1. The SMILES string of the molecule is [2H]C(=C1C(=O)c2cc3ccccc3cc2C1=O)c1ccc(N2c3ccccc3[Se]c3cccnc32)[se]1. The van der Waals surface area contributed by atoms with Gasteiger partial charge in [0.25, 0.3) is 0 Å². The van der Waals surface area contributed by atoms with E-state index in [1.54, 1.807) is 12.1 Å². The number of para-hydroxylation sites is 1. The van der Waals surface area contributed by atoms with Crippen molar-refractivity contribution in [2.24, 2.45) is 0 Å². The Bertz CT molecular complexity index is 1690. The van der Waals surface area contributed by atoms with Crippen molar-refractivity contribution in [3.05, 3.63) is 112 Å². The molecule has 2 aromatic heterocycles. The molecule has 7 rings (SSSR count). The van der Waals surface area contributed by atoms with Crippen LogP contribution >= 0.6 is 0 Å². The van der Waals surface area contributed by atoms with Crippen molar-refractivity contribution < 1.29 is 11.0 Å². The minimum atomic E-state index is -0.353. The molecule has 0 saturated heterocycles. The van der Waals surface area contributed by atoms with E-state index >= 15 is 0 Å². The fourth-order valence-corrected chi connectivity index (χ4v) is 8.66. The molecule has 4 nitrogen and oxygen atoms in total. The van der Waals surface area contributed by atoms with Gasteiger partial charge in [-0.05, 0) is 0 Å². The average molecular weight is 583 g/mol. The number of carbonyl (C=O) groups excluding carboxylic acids is 2. The molecular formula is C29H16N2O2Se2. The molecule has 6 heteroatoms. The van der Waals surface area contributed by atoms with E-state index in [-0.39, 0.29) is 52.7 Å². The molecular weight excluding hydrogens is 566 g/mol. The summed E-state index contributed by atoms with van der Waals surface area (Å²) in [5.41, 5.74) is 1.87. The van der Waals surface area contributed by atoms with Crippen LogP contribution in [-0.2, 0) is 0 Å². The summed E-state index contributed by atoms with van der Waals surface area (Å²) in [5.74, 6) is 0.216. The summed E-state index contributed by atoms with van der Waals surface area (Å²) in [6.07, 6.45) is 1.81. The van der Waals surface area contributed by atoms with Crippen LogP contribution in [0.5, 0.6) is 0 Å². The van der Waals surface area contributed by atoms with Gasteiger partial charge in [-0.15, -0.1) is 0 Å². The molecule has 0 atom stereocenters. The number of carbonyl (C=O) groups is 2. The number of hydrogen-bond acceptors (Lipinski definition) is 4. The van der Waals surface area contributed by atoms with Crippen molar-refractivity contribution in [3.8, 4) is 0 Å². The molecule has 3 aromatic carbocycles. The van der Waals surface area contributed by atoms with Crippen molar-refractivity contribution in [2.75, 3.05) is 4.90 Å². The van der Waals surface area contributed by atoms with E-state index < -0.39 is 0 Å². The van der Waals surface area contributed by atoms with E-state index in [1.807, 2.05) is 54.7 Å². The van der Waals surface area contributed by atoms with Gasteiger partial charge in [0.05, 0.1) is 0 Å². The molecule has 166 valence electrons. The molecule has 2 aliphatic rings. The zero-order valence-electron chi connectivity index (χ0n) is 19.2.